The van der Waals surface area contributed by atoms with Crippen LogP contribution >= 0.6 is 0 Å². The first kappa shape index (κ1) is 21.7. The van der Waals surface area contributed by atoms with Crippen molar-refractivity contribution in [3.05, 3.63) is 95.3 Å². The molecule has 0 atom stereocenters. The van der Waals surface area contributed by atoms with E-state index in [-0.39, 0.29) is 24.4 Å². The summed E-state index contributed by atoms with van der Waals surface area (Å²) in [5.41, 5.74) is 3.47. The SMILES string of the molecule is CCOC(=O)c1ccc(NC(=NCc2ccccn2)NC(=O)c2ccc(C)cc2)cc1. The Morgan fingerprint density at radius 3 is 2.32 bits per heavy atom. The number of carbonyl (C=O) groups is 2. The molecule has 1 amide bonds. The number of benzene rings is 2. The summed E-state index contributed by atoms with van der Waals surface area (Å²) in [5.74, 6) is -0.388. The van der Waals surface area contributed by atoms with Crippen LogP contribution in [0.4, 0.5) is 5.69 Å². The number of anilines is 1. The van der Waals surface area contributed by atoms with Gasteiger partial charge in [0.15, 0.2) is 0 Å². The normalized spacial score (nSPS) is 11.0. The van der Waals surface area contributed by atoms with Crippen LogP contribution in [0.1, 0.15) is 38.9 Å². The second-order valence-electron chi connectivity index (χ2n) is 6.73. The van der Waals surface area contributed by atoms with Gasteiger partial charge in [-0.25, -0.2) is 9.79 Å². The summed E-state index contributed by atoms with van der Waals surface area (Å²) in [6.45, 7) is 4.32. The highest BCUT2D eigenvalue weighted by atomic mass is 16.5. The lowest BCUT2D eigenvalue weighted by Crippen LogP contribution is -2.36. The van der Waals surface area contributed by atoms with Crippen molar-refractivity contribution < 1.29 is 14.3 Å². The van der Waals surface area contributed by atoms with Gasteiger partial charge in [-0.15, -0.1) is 0 Å². The van der Waals surface area contributed by atoms with Gasteiger partial charge < -0.3 is 10.1 Å². The fraction of sp³-hybridized carbons (Fsp3) is 0.167. The highest BCUT2D eigenvalue weighted by Gasteiger charge is 2.11. The third-order valence-corrected chi connectivity index (χ3v) is 4.33. The van der Waals surface area contributed by atoms with E-state index in [0.29, 0.717) is 23.4 Å². The average molecular weight is 416 g/mol. The Labute approximate surface area is 181 Å². The maximum Gasteiger partial charge on any atom is 0.338 e. The van der Waals surface area contributed by atoms with Gasteiger partial charge in [0.1, 0.15) is 0 Å². The summed E-state index contributed by atoms with van der Waals surface area (Å²) in [4.78, 5) is 33.2. The summed E-state index contributed by atoms with van der Waals surface area (Å²) in [6, 6.07) is 19.6. The van der Waals surface area contributed by atoms with E-state index in [1.165, 1.54) is 0 Å². The largest absolute Gasteiger partial charge is 0.462 e. The molecule has 1 aromatic heterocycles. The van der Waals surface area contributed by atoms with Crippen LogP contribution < -0.4 is 10.6 Å². The second-order valence-corrected chi connectivity index (χ2v) is 6.73. The van der Waals surface area contributed by atoms with Gasteiger partial charge in [-0.3, -0.25) is 15.1 Å². The summed E-state index contributed by atoms with van der Waals surface area (Å²) in [5, 5.41) is 5.91. The lowest BCUT2D eigenvalue weighted by Gasteiger charge is -2.12. The molecule has 0 fully saturated rings. The number of guanidine groups is 1. The average Bonchev–Trinajstić information content (AvgIpc) is 2.79. The third kappa shape index (κ3) is 6.50. The van der Waals surface area contributed by atoms with E-state index in [9.17, 15) is 9.59 Å². The number of carbonyl (C=O) groups excluding carboxylic acids is 2. The van der Waals surface area contributed by atoms with E-state index >= 15 is 0 Å². The molecule has 0 bridgehead atoms. The number of aromatic nitrogens is 1. The zero-order chi connectivity index (χ0) is 22.1. The van der Waals surface area contributed by atoms with Crippen molar-refractivity contribution >= 4 is 23.5 Å². The minimum absolute atomic E-state index is 0.278. The Morgan fingerprint density at radius 1 is 0.968 bits per heavy atom. The molecule has 3 aromatic rings. The van der Waals surface area contributed by atoms with Crippen LogP contribution in [0.5, 0.6) is 0 Å². The first-order valence-electron chi connectivity index (χ1n) is 9.91. The van der Waals surface area contributed by atoms with E-state index in [4.69, 9.17) is 4.74 Å². The molecular weight excluding hydrogens is 392 g/mol. The molecule has 0 radical (unpaired) electrons. The fourth-order valence-electron chi connectivity index (χ4n) is 2.69. The fourth-order valence-corrected chi connectivity index (χ4v) is 2.69. The summed E-state index contributed by atoms with van der Waals surface area (Å²) in [7, 11) is 0. The molecule has 158 valence electrons. The van der Waals surface area contributed by atoms with E-state index in [1.54, 1.807) is 49.5 Å². The van der Waals surface area contributed by atoms with Gasteiger partial charge in [-0.05, 0) is 62.4 Å². The summed E-state index contributed by atoms with van der Waals surface area (Å²) in [6.07, 6.45) is 1.69. The number of pyridine rings is 1. The summed E-state index contributed by atoms with van der Waals surface area (Å²) >= 11 is 0. The molecule has 2 N–H and O–H groups in total. The molecule has 0 spiro atoms. The van der Waals surface area contributed by atoms with E-state index in [1.807, 2.05) is 37.3 Å². The van der Waals surface area contributed by atoms with Crippen LogP contribution in [0, 0.1) is 6.92 Å². The molecule has 31 heavy (non-hydrogen) atoms. The lowest BCUT2D eigenvalue weighted by atomic mass is 10.1. The van der Waals surface area contributed by atoms with Crippen molar-refractivity contribution in [3.8, 4) is 0 Å². The molecule has 7 nitrogen and oxygen atoms in total. The number of aryl methyl sites for hydroxylation is 1. The number of hydrogen-bond acceptors (Lipinski definition) is 5. The molecule has 0 aliphatic carbocycles. The number of amides is 1. The van der Waals surface area contributed by atoms with Gasteiger partial charge in [0.25, 0.3) is 5.91 Å². The Hall–Kier alpha value is -4.00. The Bertz CT molecular complexity index is 1050. The van der Waals surface area contributed by atoms with Crippen molar-refractivity contribution in [1.82, 2.24) is 10.3 Å². The molecule has 0 aliphatic heterocycles. The zero-order valence-corrected chi connectivity index (χ0v) is 17.5. The van der Waals surface area contributed by atoms with Crippen LogP contribution in [0.2, 0.25) is 0 Å². The van der Waals surface area contributed by atoms with Crippen molar-refractivity contribution in [2.24, 2.45) is 4.99 Å². The molecule has 0 saturated carbocycles. The van der Waals surface area contributed by atoms with E-state index < -0.39 is 0 Å². The molecule has 7 heteroatoms. The predicted octanol–water partition coefficient (Wildman–Crippen LogP) is 3.96. The highest BCUT2D eigenvalue weighted by molar-refractivity contribution is 6.10. The smallest absolute Gasteiger partial charge is 0.338 e. The number of esters is 1. The van der Waals surface area contributed by atoms with Gasteiger partial charge in [0.05, 0.1) is 24.4 Å². The van der Waals surface area contributed by atoms with Gasteiger partial charge in [0.2, 0.25) is 5.96 Å². The van der Waals surface area contributed by atoms with Crippen LogP contribution in [0.25, 0.3) is 0 Å². The number of aliphatic imine (C=N–C) groups is 1. The van der Waals surface area contributed by atoms with Gasteiger partial charge in [0, 0.05) is 17.4 Å². The third-order valence-electron chi connectivity index (χ3n) is 4.33. The number of rotatable bonds is 6. The monoisotopic (exact) mass is 416 g/mol. The second kappa shape index (κ2) is 10.7. The first-order valence-corrected chi connectivity index (χ1v) is 9.91. The molecule has 3 rings (SSSR count). The number of nitrogens with zero attached hydrogens (tertiary/aromatic N) is 2. The van der Waals surface area contributed by atoms with E-state index in [0.717, 1.165) is 11.3 Å². The van der Waals surface area contributed by atoms with Crippen molar-refractivity contribution in [3.63, 3.8) is 0 Å². The standard InChI is InChI=1S/C24H24N4O3/c1-3-31-23(30)19-11-13-20(14-12-19)27-24(26-16-21-6-4-5-15-25-21)28-22(29)18-9-7-17(2)8-10-18/h4-15H,3,16H2,1-2H3,(H2,26,27,28,29). The quantitative estimate of drug-likeness (QED) is 0.360. The van der Waals surface area contributed by atoms with Gasteiger partial charge in [-0.2, -0.15) is 0 Å². The van der Waals surface area contributed by atoms with Gasteiger partial charge in [-0.1, -0.05) is 23.8 Å². The molecule has 0 unspecified atom stereocenters. The Balaban J connectivity index is 1.77. The lowest BCUT2D eigenvalue weighted by molar-refractivity contribution is 0.0526. The minimum atomic E-state index is -0.384. The topological polar surface area (TPSA) is 92.7 Å². The minimum Gasteiger partial charge on any atom is -0.462 e. The van der Waals surface area contributed by atoms with Crippen LogP contribution in [0.15, 0.2) is 77.9 Å². The number of ether oxygens (including phenoxy) is 1. The van der Waals surface area contributed by atoms with Crippen molar-refractivity contribution in [2.75, 3.05) is 11.9 Å². The predicted molar refractivity (Wildman–Crippen MR) is 120 cm³/mol. The van der Waals surface area contributed by atoms with Crippen LogP contribution in [-0.2, 0) is 11.3 Å². The number of hydrogen-bond donors (Lipinski definition) is 2. The van der Waals surface area contributed by atoms with Gasteiger partial charge >= 0.3 is 5.97 Å². The number of nitrogens with one attached hydrogen (secondary N) is 2. The van der Waals surface area contributed by atoms with Crippen LogP contribution in [-0.4, -0.2) is 29.4 Å². The highest BCUT2D eigenvalue weighted by Crippen LogP contribution is 2.11. The Morgan fingerprint density at radius 2 is 1.68 bits per heavy atom. The molecule has 1 heterocycles. The molecule has 2 aromatic carbocycles. The molecule has 0 saturated heterocycles. The maximum absolute atomic E-state index is 12.7. The molecular formula is C24H24N4O3. The van der Waals surface area contributed by atoms with Crippen LogP contribution in [0.3, 0.4) is 0 Å². The summed E-state index contributed by atoms with van der Waals surface area (Å²) < 4.78 is 5.00. The van der Waals surface area contributed by atoms with Crippen molar-refractivity contribution in [1.29, 1.82) is 0 Å². The molecule has 0 aliphatic rings. The van der Waals surface area contributed by atoms with Crippen molar-refractivity contribution in [2.45, 2.75) is 20.4 Å². The maximum atomic E-state index is 12.7. The van der Waals surface area contributed by atoms with E-state index in [2.05, 4.69) is 20.6 Å². The first-order chi connectivity index (χ1) is 15.0. The Kier molecular flexibility index (Phi) is 7.48. The zero-order valence-electron chi connectivity index (χ0n) is 17.5.